The number of rotatable bonds is 4. The van der Waals surface area contributed by atoms with Gasteiger partial charge in [-0.25, -0.2) is 0 Å². The van der Waals surface area contributed by atoms with Crippen LogP contribution in [-0.4, -0.2) is 43.7 Å². The third kappa shape index (κ3) is 3.95. The van der Waals surface area contributed by atoms with Gasteiger partial charge in [0.1, 0.15) is 6.10 Å². The minimum Gasteiger partial charge on any atom is -0.370 e. The Hall–Kier alpha value is -1.10. The number of likely N-dealkylation sites (tertiary alicyclic amines) is 1. The van der Waals surface area contributed by atoms with Crippen molar-refractivity contribution in [2.45, 2.75) is 24.9 Å². The molecule has 0 aliphatic carbocycles. The predicted molar refractivity (Wildman–Crippen MR) is 82.1 cm³/mol. The summed E-state index contributed by atoms with van der Waals surface area (Å²) in [6.07, 6.45) is 1.53. The zero-order chi connectivity index (χ0) is 13.7. The van der Waals surface area contributed by atoms with Crippen molar-refractivity contribution in [2.75, 3.05) is 26.7 Å². The van der Waals surface area contributed by atoms with E-state index in [0.717, 1.165) is 25.9 Å². The van der Waals surface area contributed by atoms with Crippen LogP contribution in [0.4, 0.5) is 0 Å². The lowest BCUT2D eigenvalue weighted by molar-refractivity contribution is -0.142. The first-order chi connectivity index (χ1) is 9.26. The Morgan fingerprint density at radius 3 is 2.45 bits per heavy atom. The van der Waals surface area contributed by atoms with Gasteiger partial charge in [0.2, 0.25) is 0 Å². The van der Waals surface area contributed by atoms with Crippen LogP contribution in [0.5, 0.6) is 0 Å². The van der Waals surface area contributed by atoms with Crippen molar-refractivity contribution in [2.24, 2.45) is 5.73 Å². The van der Waals surface area contributed by atoms with E-state index in [4.69, 9.17) is 10.5 Å². The number of hydrogen-bond acceptors (Lipinski definition) is 3. The second-order valence-electron chi connectivity index (χ2n) is 4.97. The van der Waals surface area contributed by atoms with Gasteiger partial charge in [-0.2, -0.15) is 0 Å². The minimum atomic E-state index is -0.492. The van der Waals surface area contributed by atoms with Crippen LogP contribution in [0.25, 0.3) is 0 Å². The Balaban J connectivity index is 0.00000200. The van der Waals surface area contributed by atoms with E-state index in [0.29, 0.717) is 5.92 Å². The van der Waals surface area contributed by atoms with Gasteiger partial charge in [-0.05, 0) is 24.3 Å². The summed E-state index contributed by atoms with van der Waals surface area (Å²) in [5, 5.41) is 0. The van der Waals surface area contributed by atoms with E-state index in [1.54, 1.807) is 0 Å². The highest BCUT2D eigenvalue weighted by Crippen LogP contribution is 2.27. The minimum absolute atomic E-state index is 0. The van der Waals surface area contributed by atoms with Crippen molar-refractivity contribution in [3.8, 4) is 0 Å². The lowest BCUT2D eigenvalue weighted by atomic mass is 9.89. The summed E-state index contributed by atoms with van der Waals surface area (Å²) in [6, 6.07) is 10.5. The molecule has 2 rings (SSSR count). The maximum atomic E-state index is 12.1. The summed E-state index contributed by atoms with van der Waals surface area (Å²) in [6.45, 7) is 1.82. The van der Waals surface area contributed by atoms with Crippen molar-refractivity contribution in [1.29, 1.82) is 0 Å². The number of carbonyl (C=O) groups excluding carboxylic acids is 1. The number of carbonyl (C=O) groups is 1. The van der Waals surface area contributed by atoms with E-state index >= 15 is 0 Å². The van der Waals surface area contributed by atoms with Crippen LogP contribution in [0.3, 0.4) is 0 Å². The Kier molecular flexibility index (Phi) is 6.99. The molecule has 112 valence electrons. The second-order valence-corrected chi connectivity index (χ2v) is 4.97. The van der Waals surface area contributed by atoms with Crippen LogP contribution in [0.2, 0.25) is 0 Å². The average Bonchev–Trinajstić information content (AvgIpc) is 2.49. The molecule has 1 amide bonds. The van der Waals surface area contributed by atoms with E-state index < -0.39 is 6.10 Å². The zero-order valence-corrected chi connectivity index (χ0v) is 12.6. The molecule has 1 unspecified atom stereocenters. The molecular formula is C15H23ClN2O2. The van der Waals surface area contributed by atoms with Crippen LogP contribution < -0.4 is 5.73 Å². The lowest BCUT2D eigenvalue weighted by Crippen LogP contribution is -2.46. The van der Waals surface area contributed by atoms with Crippen LogP contribution in [0.15, 0.2) is 30.3 Å². The van der Waals surface area contributed by atoms with Crippen molar-refractivity contribution in [3.63, 3.8) is 0 Å². The maximum Gasteiger partial charge on any atom is 0.253 e. The zero-order valence-electron chi connectivity index (χ0n) is 11.8. The van der Waals surface area contributed by atoms with Gasteiger partial charge in [0.15, 0.2) is 0 Å². The Morgan fingerprint density at radius 1 is 1.35 bits per heavy atom. The molecule has 0 radical (unpaired) electrons. The fraction of sp³-hybridized carbons (Fsp3) is 0.533. The molecule has 1 atom stereocenters. The molecule has 20 heavy (non-hydrogen) atoms. The number of ether oxygens (including phenoxy) is 1. The van der Waals surface area contributed by atoms with Gasteiger partial charge in [0.05, 0.1) is 0 Å². The quantitative estimate of drug-likeness (QED) is 0.922. The molecule has 1 aromatic carbocycles. The molecule has 0 bridgehead atoms. The van der Waals surface area contributed by atoms with E-state index in [9.17, 15) is 4.79 Å². The third-order valence-corrected chi connectivity index (χ3v) is 3.85. The van der Waals surface area contributed by atoms with Gasteiger partial charge < -0.3 is 15.4 Å². The average molecular weight is 299 g/mol. The summed E-state index contributed by atoms with van der Waals surface area (Å²) >= 11 is 0. The molecule has 0 aromatic heterocycles. The largest absolute Gasteiger partial charge is 0.370 e. The first-order valence-corrected chi connectivity index (χ1v) is 6.83. The number of nitrogens with zero attached hydrogens (tertiary/aromatic N) is 1. The molecule has 1 aromatic rings. The molecule has 4 nitrogen and oxygen atoms in total. The second kappa shape index (κ2) is 8.25. The number of amides is 1. The molecule has 1 heterocycles. The summed E-state index contributed by atoms with van der Waals surface area (Å²) in [7, 11) is 1.53. The topological polar surface area (TPSA) is 55.6 Å². The van der Waals surface area contributed by atoms with Crippen LogP contribution in [0.1, 0.15) is 24.3 Å². The van der Waals surface area contributed by atoms with E-state index in [1.807, 2.05) is 11.0 Å². The fourth-order valence-electron chi connectivity index (χ4n) is 2.66. The molecule has 1 aliphatic rings. The lowest BCUT2D eigenvalue weighted by Gasteiger charge is -2.33. The molecule has 1 saturated heterocycles. The first kappa shape index (κ1) is 17.0. The normalized spacial score (nSPS) is 17.4. The van der Waals surface area contributed by atoms with Gasteiger partial charge >= 0.3 is 0 Å². The number of halogens is 1. The number of hydrogen-bond donors (Lipinski definition) is 1. The van der Waals surface area contributed by atoms with Crippen LogP contribution >= 0.6 is 12.4 Å². The summed E-state index contributed by atoms with van der Waals surface area (Å²) in [4.78, 5) is 14.0. The number of nitrogens with two attached hydrogens (primary N) is 1. The van der Waals surface area contributed by atoms with Crippen molar-refractivity contribution in [1.82, 2.24) is 4.90 Å². The number of piperidine rings is 1. The van der Waals surface area contributed by atoms with Gasteiger partial charge in [-0.3, -0.25) is 4.79 Å². The molecule has 2 N–H and O–H groups in total. The Labute approximate surface area is 126 Å². The van der Waals surface area contributed by atoms with Crippen molar-refractivity contribution in [3.05, 3.63) is 35.9 Å². The standard InChI is InChI=1S/C15H22N2O2.ClH/c1-19-14(11-16)15(18)17-9-7-13(8-10-17)12-5-3-2-4-6-12;/h2-6,13-14H,7-11,16H2,1H3;1H. The summed E-state index contributed by atoms with van der Waals surface area (Å²) in [5.41, 5.74) is 6.91. The number of benzene rings is 1. The highest BCUT2D eigenvalue weighted by atomic mass is 35.5. The summed E-state index contributed by atoms with van der Waals surface area (Å²) < 4.78 is 5.11. The Bertz CT molecular complexity index is 402. The van der Waals surface area contributed by atoms with Crippen molar-refractivity contribution >= 4 is 18.3 Å². The molecule has 1 fully saturated rings. The van der Waals surface area contributed by atoms with Gasteiger partial charge in [-0.1, -0.05) is 30.3 Å². The number of methoxy groups -OCH3 is 1. The van der Waals surface area contributed by atoms with E-state index in [2.05, 4.69) is 24.3 Å². The maximum absolute atomic E-state index is 12.1. The molecule has 1 aliphatic heterocycles. The van der Waals surface area contributed by atoms with Crippen LogP contribution in [-0.2, 0) is 9.53 Å². The molecule has 0 saturated carbocycles. The van der Waals surface area contributed by atoms with E-state index in [1.165, 1.54) is 12.7 Å². The third-order valence-electron chi connectivity index (χ3n) is 3.85. The van der Waals surface area contributed by atoms with Gasteiger partial charge in [0.25, 0.3) is 5.91 Å². The van der Waals surface area contributed by atoms with Crippen molar-refractivity contribution < 1.29 is 9.53 Å². The monoisotopic (exact) mass is 298 g/mol. The van der Waals surface area contributed by atoms with E-state index in [-0.39, 0.29) is 24.9 Å². The first-order valence-electron chi connectivity index (χ1n) is 6.83. The highest BCUT2D eigenvalue weighted by Gasteiger charge is 2.27. The molecular weight excluding hydrogens is 276 g/mol. The predicted octanol–water partition coefficient (Wildman–Crippen LogP) is 1.79. The summed E-state index contributed by atoms with van der Waals surface area (Å²) in [5.74, 6) is 0.584. The highest BCUT2D eigenvalue weighted by molar-refractivity contribution is 5.85. The SMILES string of the molecule is COC(CN)C(=O)N1CCC(c2ccccc2)CC1.Cl. The van der Waals surface area contributed by atoms with Crippen LogP contribution in [0, 0.1) is 0 Å². The Morgan fingerprint density at radius 2 is 1.95 bits per heavy atom. The van der Waals surface area contributed by atoms with Gasteiger partial charge in [-0.15, -0.1) is 12.4 Å². The molecule has 5 heteroatoms. The fourth-order valence-corrected chi connectivity index (χ4v) is 2.66. The smallest absolute Gasteiger partial charge is 0.253 e. The van der Waals surface area contributed by atoms with Gasteiger partial charge in [0, 0.05) is 26.7 Å². The molecule has 0 spiro atoms.